The van der Waals surface area contributed by atoms with Crippen LogP contribution in [0.25, 0.3) is 0 Å². The van der Waals surface area contributed by atoms with Crippen LogP contribution in [0.2, 0.25) is 0 Å². The molecule has 0 heterocycles. The molecule has 0 aromatic heterocycles. The molecule has 0 spiro atoms. The van der Waals surface area contributed by atoms with Crippen LogP contribution >= 0.6 is 0 Å². The maximum atomic E-state index is 11.2. The van der Waals surface area contributed by atoms with E-state index < -0.39 is 11.5 Å². The summed E-state index contributed by atoms with van der Waals surface area (Å²) in [5.41, 5.74) is 5.84. The highest BCUT2D eigenvalue weighted by molar-refractivity contribution is 5.78. The third-order valence-electron chi connectivity index (χ3n) is 3.80. The number of benzene rings is 1. The van der Waals surface area contributed by atoms with Crippen LogP contribution in [0.4, 0.5) is 5.69 Å². The average molecular weight is 278 g/mol. The van der Waals surface area contributed by atoms with E-state index in [0.717, 1.165) is 24.3 Å². The molecule has 2 rings (SSSR count). The van der Waals surface area contributed by atoms with Gasteiger partial charge in [0.2, 0.25) is 0 Å². The summed E-state index contributed by atoms with van der Waals surface area (Å²) in [6.45, 7) is 0. The van der Waals surface area contributed by atoms with Gasteiger partial charge in [0.15, 0.2) is 0 Å². The molecule has 2 unspecified atom stereocenters. The van der Waals surface area contributed by atoms with Gasteiger partial charge in [-0.2, -0.15) is 0 Å². The Labute approximate surface area is 119 Å². The average Bonchev–Trinajstić information content (AvgIpc) is 2.39. The maximum Gasteiger partial charge on any atom is 0.323 e. The maximum absolute atomic E-state index is 11.2. The SMILES string of the molecule is CN(C)c1cccc(OC2CCCC(N)(C(=O)O)C2)c1. The summed E-state index contributed by atoms with van der Waals surface area (Å²) in [4.78, 5) is 13.2. The second-order valence-electron chi connectivity index (χ2n) is 5.69. The van der Waals surface area contributed by atoms with Gasteiger partial charge in [0.25, 0.3) is 0 Å². The number of carboxylic acids is 1. The summed E-state index contributed by atoms with van der Waals surface area (Å²) in [5.74, 6) is -0.177. The number of carboxylic acid groups (broad SMARTS) is 1. The highest BCUT2D eigenvalue weighted by atomic mass is 16.5. The number of aliphatic carboxylic acids is 1. The van der Waals surface area contributed by atoms with Gasteiger partial charge in [0.1, 0.15) is 17.4 Å². The van der Waals surface area contributed by atoms with E-state index in [4.69, 9.17) is 10.5 Å². The van der Waals surface area contributed by atoms with Gasteiger partial charge in [0.05, 0.1) is 0 Å². The molecular formula is C15H22N2O3. The van der Waals surface area contributed by atoms with Gasteiger partial charge in [0, 0.05) is 32.3 Å². The molecular weight excluding hydrogens is 256 g/mol. The number of hydrogen-bond acceptors (Lipinski definition) is 4. The Balaban J connectivity index is 2.06. The summed E-state index contributed by atoms with van der Waals surface area (Å²) in [7, 11) is 3.93. The van der Waals surface area contributed by atoms with Crippen LogP contribution in [0.15, 0.2) is 24.3 Å². The minimum absolute atomic E-state index is 0.137. The van der Waals surface area contributed by atoms with E-state index >= 15 is 0 Å². The molecule has 0 saturated heterocycles. The van der Waals surface area contributed by atoms with Crippen molar-refractivity contribution in [1.29, 1.82) is 0 Å². The zero-order valence-electron chi connectivity index (χ0n) is 12.0. The van der Waals surface area contributed by atoms with Crippen molar-refractivity contribution in [3.8, 4) is 5.75 Å². The number of rotatable bonds is 4. The van der Waals surface area contributed by atoms with Gasteiger partial charge in [-0.1, -0.05) is 6.07 Å². The van der Waals surface area contributed by atoms with Gasteiger partial charge in [-0.25, -0.2) is 0 Å². The lowest BCUT2D eigenvalue weighted by molar-refractivity contribution is -0.145. The Morgan fingerprint density at radius 1 is 1.50 bits per heavy atom. The van der Waals surface area contributed by atoms with Crippen LogP contribution in [-0.2, 0) is 4.79 Å². The standard InChI is InChI=1S/C15H22N2O3/c1-17(2)11-5-3-6-12(9-11)20-13-7-4-8-15(16,10-13)14(18)19/h3,5-6,9,13H,4,7-8,10,16H2,1-2H3,(H,18,19). The van der Waals surface area contributed by atoms with Crippen LogP contribution in [-0.4, -0.2) is 36.8 Å². The first-order valence-corrected chi connectivity index (χ1v) is 6.87. The number of nitrogens with two attached hydrogens (primary N) is 1. The van der Waals surface area contributed by atoms with Crippen LogP contribution < -0.4 is 15.4 Å². The molecule has 1 saturated carbocycles. The number of hydrogen-bond donors (Lipinski definition) is 2. The zero-order chi connectivity index (χ0) is 14.8. The van der Waals surface area contributed by atoms with Crippen LogP contribution in [0.3, 0.4) is 0 Å². The van der Waals surface area contributed by atoms with Crippen molar-refractivity contribution >= 4 is 11.7 Å². The molecule has 1 aromatic rings. The Morgan fingerprint density at radius 3 is 2.90 bits per heavy atom. The summed E-state index contributed by atoms with van der Waals surface area (Å²) in [5, 5.41) is 9.21. The van der Waals surface area contributed by atoms with E-state index in [1.54, 1.807) is 0 Å². The predicted molar refractivity (Wildman–Crippen MR) is 78.2 cm³/mol. The highest BCUT2D eigenvalue weighted by Crippen LogP contribution is 2.30. The van der Waals surface area contributed by atoms with Crippen LogP contribution in [0, 0.1) is 0 Å². The fourth-order valence-electron chi connectivity index (χ4n) is 2.58. The van der Waals surface area contributed by atoms with E-state index in [9.17, 15) is 9.90 Å². The number of ether oxygens (including phenoxy) is 1. The van der Waals surface area contributed by atoms with Crippen molar-refractivity contribution in [3.63, 3.8) is 0 Å². The van der Waals surface area contributed by atoms with Crippen molar-refractivity contribution in [1.82, 2.24) is 0 Å². The minimum Gasteiger partial charge on any atom is -0.490 e. The quantitative estimate of drug-likeness (QED) is 0.879. The first kappa shape index (κ1) is 14.7. The number of anilines is 1. The lowest BCUT2D eigenvalue weighted by atomic mass is 9.81. The molecule has 1 aliphatic rings. The van der Waals surface area contributed by atoms with Gasteiger partial charge in [-0.3, -0.25) is 4.79 Å². The van der Waals surface area contributed by atoms with Gasteiger partial charge >= 0.3 is 5.97 Å². The molecule has 5 heteroatoms. The summed E-state index contributed by atoms with van der Waals surface area (Å²) >= 11 is 0. The molecule has 110 valence electrons. The number of carbonyl (C=O) groups is 1. The van der Waals surface area contributed by atoms with E-state index in [0.29, 0.717) is 12.8 Å². The summed E-state index contributed by atoms with van der Waals surface area (Å²) < 4.78 is 5.92. The molecule has 2 atom stereocenters. The van der Waals surface area contributed by atoms with E-state index in [2.05, 4.69) is 0 Å². The molecule has 3 N–H and O–H groups in total. The van der Waals surface area contributed by atoms with E-state index in [1.165, 1.54) is 0 Å². The first-order valence-electron chi connectivity index (χ1n) is 6.87. The molecule has 0 aliphatic heterocycles. The Morgan fingerprint density at radius 2 is 2.25 bits per heavy atom. The molecule has 0 radical (unpaired) electrons. The Kier molecular flexibility index (Phi) is 4.18. The second-order valence-corrected chi connectivity index (χ2v) is 5.69. The monoisotopic (exact) mass is 278 g/mol. The highest BCUT2D eigenvalue weighted by Gasteiger charge is 2.40. The Hall–Kier alpha value is -1.75. The lowest BCUT2D eigenvalue weighted by Gasteiger charge is -2.34. The second kappa shape index (κ2) is 5.71. The molecule has 20 heavy (non-hydrogen) atoms. The fraction of sp³-hybridized carbons (Fsp3) is 0.533. The third kappa shape index (κ3) is 3.22. The normalized spacial score (nSPS) is 26.1. The molecule has 1 aliphatic carbocycles. The van der Waals surface area contributed by atoms with Crippen LogP contribution in [0.1, 0.15) is 25.7 Å². The smallest absolute Gasteiger partial charge is 0.323 e. The van der Waals surface area contributed by atoms with Gasteiger partial charge in [-0.05, 0) is 31.4 Å². The third-order valence-corrected chi connectivity index (χ3v) is 3.80. The summed E-state index contributed by atoms with van der Waals surface area (Å²) in [6, 6.07) is 7.77. The zero-order valence-corrected chi connectivity index (χ0v) is 12.0. The molecule has 1 aromatic carbocycles. The van der Waals surface area contributed by atoms with Crippen molar-refractivity contribution in [3.05, 3.63) is 24.3 Å². The largest absolute Gasteiger partial charge is 0.490 e. The van der Waals surface area contributed by atoms with E-state index in [1.807, 2.05) is 43.3 Å². The topological polar surface area (TPSA) is 75.8 Å². The van der Waals surface area contributed by atoms with Crippen molar-refractivity contribution in [2.24, 2.45) is 5.73 Å². The molecule has 0 amide bonds. The van der Waals surface area contributed by atoms with Crippen molar-refractivity contribution in [2.45, 2.75) is 37.3 Å². The summed E-state index contributed by atoms with van der Waals surface area (Å²) in [6.07, 6.45) is 2.36. The van der Waals surface area contributed by atoms with Crippen molar-refractivity contribution < 1.29 is 14.6 Å². The molecule has 1 fully saturated rings. The van der Waals surface area contributed by atoms with Gasteiger partial charge in [-0.15, -0.1) is 0 Å². The van der Waals surface area contributed by atoms with E-state index in [-0.39, 0.29) is 6.10 Å². The minimum atomic E-state index is -1.15. The van der Waals surface area contributed by atoms with Crippen LogP contribution in [0.5, 0.6) is 5.75 Å². The lowest BCUT2D eigenvalue weighted by Crippen LogP contribution is -2.53. The van der Waals surface area contributed by atoms with Gasteiger partial charge < -0.3 is 20.5 Å². The molecule has 5 nitrogen and oxygen atoms in total. The fourth-order valence-corrected chi connectivity index (χ4v) is 2.58. The van der Waals surface area contributed by atoms with Crippen molar-refractivity contribution in [2.75, 3.05) is 19.0 Å². The predicted octanol–water partition coefficient (Wildman–Crippen LogP) is 1.86. The first-order chi connectivity index (χ1) is 9.40. The number of nitrogens with zero attached hydrogens (tertiary/aromatic N) is 1. The molecule has 0 bridgehead atoms. The Bertz CT molecular complexity index is 490.